The zero-order chi connectivity index (χ0) is 15.6. The first kappa shape index (κ1) is 20.7. The van der Waals surface area contributed by atoms with Gasteiger partial charge in [-0.15, -0.1) is 12.4 Å². The molecule has 0 bridgehead atoms. The molecule has 2 aliphatic rings. The number of hydrogen-bond donors (Lipinski definition) is 2. The van der Waals surface area contributed by atoms with E-state index in [0.29, 0.717) is 5.91 Å². The number of carbonyl (C=O) groups excluding carboxylic acids is 1. The summed E-state index contributed by atoms with van der Waals surface area (Å²) in [6.07, 6.45) is 9.98. The van der Waals surface area contributed by atoms with E-state index in [2.05, 4.69) is 22.5 Å². The molecule has 1 saturated carbocycles. The number of amides is 1. The SMILES string of the molecule is CCC(CC1CCCCC1)C(=O)NCCCN1CCNCC1.Cl. The Hall–Kier alpha value is -0.320. The Morgan fingerprint density at radius 2 is 1.91 bits per heavy atom. The highest BCUT2D eigenvalue weighted by atomic mass is 35.5. The van der Waals surface area contributed by atoms with Gasteiger partial charge in [0.25, 0.3) is 0 Å². The van der Waals surface area contributed by atoms with Crippen molar-refractivity contribution in [1.29, 1.82) is 0 Å². The molecule has 1 saturated heterocycles. The van der Waals surface area contributed by atoms with E-state index < -0.39 is 0 Å². The summed E-state index contributed by atoms with van der Waals surface area (Å²) in [5.74, 6) is 1.33. The fraction of sp³-hybridized carbons (Fsp3) is 0.944. The third-order valence-electron chi connectivity index (χ3n) is 5.37. The number of nitrogens with zero attached hydrogens (tertiary/aromatic N) is 1. The van der Waals surface area contributed by atoms with Crippen LogP contribution in [0.15, 0.2) is 0 Å². The van der Waals surface area contributed by atoms with Gasteiger partial charge in [0.2, 0.25) is 5.91 Å². The maximum absolute atomic E-state index is 12.4. The third kappa shape index (κ3) is 7.86. The number of rotatable bonds is 8. The molecule has 0 aromatic heterocycles. The predicted molar refractivity (Wildman–Crippen MR) is 99.2 cm³/mol. The second-order valence-electron chi connectivity index (χ2n) is 7.08. The minimum absolute atomic E-state index is 0. The van der Waals surface area contributed by atoms with Crippen molar-refractivity contribution in [1.82, 2.24) is 15.5 Å². The van der Waals surface area contributed by atoms with Crippen LogP contribution < -0.4 is 10.6 Å². The molecular formula is C18H36ClN3O. The molecule has 0 aromatic rings. The fourth-order valence-corrected chi connectivity index (χ4v) is 3.88. The van der Waals surface area contributed by atoms with Crippen LogP contribution in [0.4, 0.5) is 0 Å². The van der Waals surface area contributed by atoms with Gasteiger partial charge in [0, 0.05) is 38.6 Å². The van der Waals surface area contributed by atoms with Crippen LogP contribution in [0.5, 0.6) is 0 Å². The minimum Gasteiger partial charge on any atom is -0.356 e. The van der Waals surface area contributed by atoms with Crippen molar-refractivity contribution < 1.29 is 4.79 Å². The molecule has 0 radical (unpaired) electrons. The van der Waals surface area contributed by atoms with Crippen molar-refractivity contribution >= 4 is 18.3 Å². The van der Waals surface area contributed by atoms with Crippen LogP contribution in [-0.2, 0) is 4.79 Å². The zero-order valence-corrected chi connectivity index (χ0v) is 15.6. The van der Waals surface area contributed by atoms with Gasteiger partial charge in [0.15, 0.2) is 0 Å². The number of nitrogens with one attached hydrogen (secondary N) is 2. The first-order valence-corrected chi connectivity index (χ1v) is 9.50. The predicted octanol–water partition coefficient (Wildman–Crippen LogP) is 2.82. The molecule has 0 aromatic carbocycles. The molecule has 2 rings (SSSR count). The number of hydrogen-bond acceptors (Lipinski definition) is 3. The summed E-state index contributed by atoms with van der Waals surface area (Å²) >= 11 is 0. The van der Waals surface area contributed by atoms with Gasteiger partial charge < -0.3 is 15.5 Å². The Kier molecular flexibility index (Phi) is 10.9. The summed E-state index contributed by atoms with van der Waals surface area (Å²) in [5, 5.41) is 6.55. The smallest absolute Gasteiger partial charge is 0.223 e. The molecule has 1 amide bonds. The van der Waals surface area contributed by atoms with Crippen molar-refractivity contribution in [3.05, 3.63) is 0 Å². The lowest BCUT2D eigenvalue weighted by atomic mass is 9.82. The van der Waals surface area contributed by atoms with Crippen LogP contribution in [0.2, 0.25) is 0 Å². The van der Waals surface area contributed by atoms with E-state index in [1.54, 1.807) is 0 Å². The maximum Gasteiger partial charge on any atom is 0.223 e. The molecule has 136 valence electrons. The molecule has 1 heterocycles. The van der Waals surface area contributed by atoms with Gasteiger partial charge in [0.1, 0.15) is 0 Å². The topological polar surface area (TPSA) is 44.4 Å². The van der Waals surface area contributed by atoms with Crippen LogP contribution in [0.3, 0.4) is 0 Å². The van der Waals surface area contributed by atoms with Crippen LogP contribution in [-0.4, -0.2) is 50.1 Å². The summed E-state index contributed by atoms with van der Waals surface area (Å²) in [4.78, 5) is 14.9. The first-order valence-electron chi connectivity index (χ1n) is 9.50. The summed E-state index contributed by atoms with van der Waals surface area (Å²) in [6, 6.07) is 0. The van der Waals surface area contributed by atoms with Crippen LogP contribution in [0.25, 0.3) is 0 Å². The molecule has 1 aliphatic carbocycles. The normalized spacial score (nSPS) is 21.4. The van der Waals surface area contributed by atoms with E-state index in [0.717, 1.165) is 64.4 Å². The standard InChI is InChI=1S/C18H35N3O.ClH/c1-2-17(15-16-7-4-3-5-8-16)18(22)20-9-6-12-21-13-10-19-11-14-21;/h16-17,19H,2-15H2,1H3,(H,20,22);1H. The Bertz CT molecular complexity index is 315. The highest BCUT2D eigenvalue weighted by Crippen LogP contribution is 2.30. The van der Waals surface area contributed by atoms with Gasteiger partial charge in [-0.3, -0.25) is 4.79 Å². The van der Waals surface area contributed by atoms with Crippen LogP contribution in [0.1, 0.15) is 58.3 Å². The van der Waals surface area contributed by atoms with Crippen LogP contribution in [0, 0.1) is 11.8 Å². The van der Waals surface area contributed by atoms with Gasteiger partial charge in [-0.25, -0.2) is 0 Å². The molecule has 2 fully saturated rings. The van der Waals surface area contributed by atoms with Crippen molar-refractivity contribution in [2.24, 2.45) is 11.8 Å². The highest BCUT2D eigenvalue weighted by Gasteiger charge is 2.22. The van der Waals surface area contributed by atoms with Gasteiger partial charge in [-0.1, -0.05) is 39.0 Å². The molecule has 23 heavy (non-hydrogen) atoms. The Balaban J connectivity index is 0.00000264. The molecular weight excluding hydrogens is 310 g/mol. The van der Waals surface area contributed by atoms with Crippen molar-refractivity contribution in [2.75, 3.05) is 39.3 Å². The Morgan fingerprint density at radius 3 is 2.57 bits per heavy atom. The van der Waals surface area contributed by atoms with E-state index >= 15 is 0 Å². The van der Waals surface area contributed by atoms with Crippen LogP contribution >= 0.6 is 12.4 Å². The molecule has 2 N–H and O–H groups in total. The van der Waals surface area contributed by atoms with Gasteiger partial charge in [0.05, 0.1) is 0 Å². The molecule has 4 nitrogen and oxygen atoms in total. The lowest BCUT2D eigenvalue weighted by molar-refractivity contribution is -0.125. The van der Waals surface area contributed by atoms with Crippen molar-refractivity contribution in [3.8, 4) is 0 Å². The fourth-order valence-electron chi connectivity index (χ4n) is 3.88. The largest absolute Gasteiger partial charge is 0.356 e. The van der Waals surface area contributed by atoms with E-state index in [1.165, 1.54) is 32.1 Å². The summed E-state index contributed by atoms with van der Waals surface area (Å²) in [7, 11) is 0. The molecule has 1 atom stereocenters. The highest BCUT2D eigenvalue weighted by molar-refractivity contribution is 5.85. The van der Waals surface area contributed by atoms with Crippen molar-refractivity contribution in [3.63, 3.8) is 0 Å². The summed E-state index contributed by atoms with van der Waals surface area (Å²) in [6.45, 7) is 8.61. The molecule has 5 heteroatoms. The summed E-state index contributed by atoms with van der Waals surface area (Å²) in [5.41, 5.74) is 0. The third-order valence-corrected chi connectivity index (χ3v) is 5.37. The lowest BCUT2D eigenvalue weighted by Crippen LogP contribution is -2.44. The van der Waals surface area contributed by atoms with E-state index in [9.17, 15) is 4.79 Å². The lowest BCUT2D eigenvalue weighted by Gasteiger charge is -2.27. The van der Waals surface area contributed by atoms with Crippen molar-refractivity contribution in [2.45, 2.75) is 58.3 Å². The minimum atomic E-state index is 0. The van der Waals surface area contributed by atoms with Gasteiger partial charge in [-0.2, -0.15) is 0 Å². The maximum atomic E-state index is 12.4. The average molecular weight is 346 g/mol. The second-order valence-corrected chi connectivity index (χ2v) is 7.08. The Labute approximate surface area is 148 Å². The van der Waals surface area contributed by atoms with E-state index in [1.807, 2.05) is 0 Å². The number of piperazine rings is 1. The van der Waals surface area contributed by atoms with E-state index in [-0.39, 0.29) is 18.3 Å². The molecule has 1 aliphatic heterocycles. The van der Waals surface area contributed by atoms with Gasteiger partial charge >= 0.3 is 0 Å². The zero-order valence-electron chi connectivity index (χ0n) is 14.8. The average Bonchev–Trinajstić information content (AvgIpc) is 2.58. The first-order chi connectivity index (χ1) is 10.8. The molecule has 0 spiro atoms. The van der Waals surface area contributed by atoms with E-state index in [4.69, 9.17) is 0 Å². The number of carbonyl (C=O) groups is 1. The quantitative estimate of drug-likeness (QED) is 0.665. The Morgan fingerprint density at radius 1 is 1.22 bits per heavy atom. The monoisotopic (exact) mass is 345 g/mol. The molecule has 1 unspecified atom stereocenters. The number of halogens is 1. The summed E-state index contributed by atoms with van der Waals surface area (Å²) < 4.78 is 0. The van der Waals surface area contributed by atoms with Gasteiger partial charge in [-0.05, 0) is 31.7 Å². The second kappa shape index (κ2) is 12.1.